The summed E-state index contributed by atoms with van der Waals surface area (Å²) in [6, 6.07) is 12.0. The minimum Gasteiger partial charge on any atom is -0.486 e. The molecule has 25 heavy (non-hydrogen) atoms. The van der Waals surface area contributed by atoms with Gasteiger partial charge < -0.3 is 20.1 Å². The highest BCUT2D eigenvalue weighted by Gasteiger charge is 2.20. The number of nitrogens with zero attached hydrogens (tertiary/aromatic N) is 1. The van der Waals surface area contributed by atoms with Gasteiger partial charge in [0.05, 0.1) is 6.54 Å². The highest BCUT2D eigenvalue weighted by Crippen LogP contribution is 2.30. The van der Waals surface area contributed by atoms with E-state index in [9.17, 15) is 0 Å². The van der Waals surface area contributed by atoms with Crippen LogP contribution in [0.1, 0.15) is 11.8 Å². The van der Waals surface area contributed by atoms with Gasteiger partial charge in [-0.15, -0.1) is 11.3 Å². The molecule has 0 amide bonds. The summed E-state index contributed by atoms with van der Waals surface area (Å²) in [5.74, 6) is 2.94. The average molecular weight is 359 g/mol. The van der Waals surface area contributed by atoms with E-state index in [-0.39, 0.29) is 6.10 Å². The van der Waals surface area contributed by atoms with E-state index in [0.29, 0.717) is 19.1 Å². The van der Waals surface area contributed by atoms with E-state index in [0.717, 1.165) is 30.4 Å². The lowest BCUT2D eigenvalue weighted by Crippen LogP contribution is -2.46. The fourth-order valence-corrected chi connectivity index (χ4v) is 3.58. The summed E-state index contributed by atoms with van der Waals surface area (Å²) in [6.45, 7) is 4.31. The molecule has 134 valence electrons. The van der Waals surface area contributed by atoms with Gasteiger partial charge in [-0.2, -0.15) is 0 Å². The minimum absolute atomic E-state index is 0.0306. The first-order valence-electron chi connectivity index (χ1n) is 8.60. The molecule has 0 bridgehead atoms. The first-order valence-corrected chi connectivity index (χ1v) is 9.48. The number of rotatable bonds is 6. The summed E-state index contributed by atoms with van der Waals surface area (Å²) >= 11 is 1.81. The van der Waals surface area contributed by atoms with Gasteiger partial charge in [0.15, 0.2) is 17.5 Å². The molecule has 1 aliphatic rings. The Morgan fingerprint density at radius 2 is 2.08 bits per heavy atom. The average Bonchev–Trinajstić information content (AvgIpc) is 3.14. The normalized spacial score (nSPS) is 17.8. The number of benzene rings is 1. The number of thiophene rings is 1. The van der Waals surface area contributed by atoms with Crippen LogP contribution in [0.3, 0.4) is 0 Å². The highest BCUT2D eigenvalue weighted by atomic mass is 32.1. The summed E-state index contributed by atoms with van der Waals surface area (Å²) in [5.41, 5.74) is 0. The molecule has 1 aromatic carbocycles. The van der Waals surface area contributed by atoms with Crippen LogP contribution in [0.5, 0.6) is 11.5 Å². The number of hydrogen-bond donors (Lipinski definition) is 2. The lowest BCUT2D eigenvalue weighted by Gasteiger charge is -2.27. The maximum absolute atomic E-state index is 5.95. The highest BCUT2D eigenvalue weighted by molar-refractivity contribution is 7.09. The molecule has 0 aliphatic carbocycles. The van der Waals surface area contributed by atoms with E-state index in [1.54, 1.807) is 7.05 Å². The molecule has 1 aromatic heterocycles. The van der Waals surface area contributed by atoms with Gasteiger partial charge in [-0.1, -0.05) is 25.1 Å². The molecule has 5 nitrogen and oxygen atoms in total. The molecule has 1 aliphatic heterocycles. The first-order chi connectivity index (χ1) is 12.2. The zero-order valence-electron chi connectivity index (χ0n) is 14.7. The molecule has 0 fully saturated rings. The number of hydrogen-bond acceptors (Lipinski definition) is 4. The Kier molecular flexibility index (Phi) is 6.17. The second-order valence-corrected chi connectivity index (χ2v) is 7.25. The molecule has 0 saturated heterocycles. The van der Waals surface area contributed by atoms with E-state index < -0.39 is 0 Å². The lowest BCUT2D eigenvalue weighted by atomic mass is 10.1. The lowest BCUT2D eigenvalue weighted by molar-refractivity contribution is 0.0936. The van der Waals surface area contributed by atoms with Crippen molar-refractivity contribution in [2.45, 2.75) is 19.4 Å². The third-order valence-electron chi connectivity index (χ3n) is 4.04. The standard InChI is InChI=1S/C19H25N3O2S/c1-14(10-16-6-5-9-25-16)11-21-19(20-2)22-12-15-13-23-17-7-3-4-8-18(17)24-15/h3-9,14-15H,10-13H2,1-2H3,(H2,20,21,22). The van der Waals surface area contributed by atoms with Crippen LogP contribution in [0, 0.1) is 5.92 Å². The van der Waals surface area contributed by atoms with Crippen molar-refractivity contribution in [1.82, 2.24) is 10.6 Å². The zero-order valence-corrected chi connectivity index (χ0v) is 15.5. The number of guanidine groups is 1. The largest absolute Gasteiger partial charge is 0.486 e. The van der Waals surface area contributed by atoms with Crippen LogP contribution >= 0.6 is 11.3 Å². The SMILES string of the molecule is CN=C(NCC(C)Cc1cccs1)NCC1COc2ccccc2O1. The summed E-state index contributed by atoms with van der Waals surface area (Å²) in [4.78, 5) is 5.71. The van der Waals surface area contributed by atoms with Crippen molar-refractivity contribution in [2.75, 3.05) is 26.7 Å². The molecule has 2 heterocycles. The Bertz CT molecular complexity index is 688. The van der Waals surface area contributed by atoms with Gasteiger partial charge >= 0.3 is 0 Å². The molecule has 2 unspecified atom stereocenters. The number of aliphatic imine (C=N–C) groups is 1. The van der Waals surface area contributed by atoms with E-state index >= 15 is 0 Å². The quantitative estimate of drug-likeness (QED) is 0.615. The summed E-state index contributed by atoms with van der Waals surface area (Å²) < 4.78 is 11.7. The van der Waals surface area contributed by atoms with Crippen LogP contribution in [0.15, 0.2) is 46.8 Å². The molecule has 0 spiro atoms. The maximum Gasteiger partial charge on any atom is 0.191 e. The Morgan fingerprint density at radius 1 is 1.24 bits per heavy atom. The van der Waals surface area contributed by atoms with Crippen LogP contribution in [0.4, 0.5) is 0 Å². The smallest absolute Gasteiger partial charge is 0.191 e. The molecule has 3 rings (SSSR count). The number of fused-ring (bicyclic) bond motifs is 1. The monoisotopic (exact) mass is 359 g/mol. The van der Waals surface area contributed by atoms with Crippen molar-refractivity contribution in [3.05, 3.63) is 46.7 Å². The minimum atomic E-state index is -0.0306. The van der Waals surface area contributed by atoms with Gasteiger partial charge in [-0.05, 0) is 35.9 Å². The third-order valence-corrected chi connectivity index (χ3v) is 4.93. The molecular weight excluding hydrogens is 334 g/mol. The Labute approximate surface area is 153 Å². The number of ether oxygens (including phenoxy) is 2. The molecule has 2 aromatic rings. The second kappa shape index (κ2) is 8.76. The Balaban J connectivity index is 1.41. The topological polar surface area (TPSA) is 54.9 Å². The fraction of sp³-hybridized carbons (Fsp3) is 0.421. The molecule has 0 radical (unpaired) electrons. The van der Waals surface area contributed by atoms with Crippen molar-refractivity contribution in [3.63, 3.8) is 0 Å². The van der Waals surface area contributed by atoms with Gasteiger partial charge in [0.2, 0.25) is 0 Å². The molecule has 0 saturated carbocycles. The van der Waals surface area contributed by atoms with Gasteiger partial charge in [-0.3, -0.25) is 4.99 Å². The third kappa shape index (κ3) is 5.13. The zero-order chi connectivity index (χ0) is 17.5. The molecule has 2 atom stereocenters. The number of nitrogens with one attached hydrogen (secondary N) is 2. The molecule has 6 heteroatoms. The van der Waals surface area contributed by atoms with E-state index in [2.05, 4.69) is 40.1 Å². The van der Waals surface area contributed by atoms with E-state index in [1.807, 2.05) is 35.6 Å². The van der Waals surface area contributed by atoms with Gasteiger partial charge in [0.25, 0.3) is 0 Å². The van der Waals surface area contributed by atoms with Crippen LogP contribution in [-0.4, -0.2) is 38.8 Å². The van der Waals surface area contributed by atoms with Crippen LogP contribution < -0.4 is 20.1 Å². The second-order valence-electron chi connectivity index (χ2n) is 6.22. The summed E-state index contributed by atoms with van der Waals surface area (Å²) in [6.07, 6.45) is 1.05. The van der Waals surface area contributed by atoms with Crippen molar-refractivity contribution in [3.8, 4) is 11.5 Å². The van der Waals surface area contributed by atoms with Crippen molar-refractivity contribution in [2.24, 2.45) is 10.9 Å². The van der Waals surface area contributed by atoms with Crippen molar-refractivity contribution in [1.29, 1.82) is 0 Å². The number of para-hydroxylation sites is 2. The molecule has 2 N–H and O–H groups in total. The summed E-state index contributed by atoms with van der Waals surface area (Å²) in [7, 11) is 1.78. The predicted octanol–water partition coefficient (Wildman–Crippen LogP) is 2.93. The predicted molar refractivity (Wildman–Crippen MR) is 103 cm³/mol. The van der Waals surface area contributed by atoms with Crippen LogP contribution in [-0.2, 0) is 6.42 Å². The molecular formula is C19H25N3O2S. The first kappa shape index (κ1) is 17.6. The van der Waals surface area contributed by atoms with E-state index in [4.69, 9.17) is 9.47 Å². The van der Waals surface area contributed by atoms with Gasteiger partial charge in [-0.25, -0.2) is 0 Å². The van der Waals surface area contributed by atoms with Crippen molar-refractivity contribution >= 4 is 17.3 Å². The fourth-order valence-electron chi connectivity index (χ4n) is 2.71. The maximum atomic E-state index is 5.95. The summed E-state index contributed by atoms with van der Waals surface area (Å²) in [5, 5.41) is 8.83. The van der Waals surface area contributed by atoms with Crippen molar-refractivity contribution < 1.29 is 9.47 Å². The van der Waals surface area contributed by atoms with Gasteiger partial charge in [0.1, 0.15) is 12.7 Å². The Hall–Kier alpha value is -2.21. The van der Waals surface area contributed by atoms with Crippen LogP contribution in [0.2, 0.25) is 0 Å². The Morgan fingerprint density at radius 3 is 2.84 bits per heavy atom. The van der Waals surface area contributed by atoms with Crippen LogP contribution in [0.25, 0.3) is 0 Å². The van der Waals surface area contributed by atoms with Gasteiger partial charge in [0, 0.05) is 18.5 Å². The van der Waals surface area contributed by atoms with E-state index in [1.165, 1.54) is 4.88 Å².